The molecule has 0 atom stereocenters. The Bertz CT molecular complexity index is 784. The van der Waals surface area contributed by atoms with Gasteiger partial charge in [-0.3, -0.25) is 0 Å². The van der Waals surface area contributed by atoms with Gasteiger partial charge in [-0.15, -0.1) is 11.3 Å². The summed E-state index contributed by atoms with van der Waals surface area (Å²) in [7, 11) is 0. The van der Waals surface area contributed by atoms with Crippen LogP contribution in [-0.2, 0) is 12.8 Å². The van der Waals surface area contributed by atoms with Gasteiger partial charge < -0.3 is 5.11 Å². The van der Waals surface area contributed by atoms with E-state index in [-0.39, 0.29) is 10.8 Å². The van der Waals surface area contributed by atoms with Gasteiger partial charge in [0.05, 0.1) is 15.1 Å². The van der Waals surface area contributed by atoms with E-state index < -0.39 is 0 Å². The van der Waals surface area contributed by atoms with Gasteiger partial charge in [-0.05, 0) is 64.9 Å². The molecule has 0 fully saturated rings. The molecule has 112 valence electrons. The van der Waals surface area contributed by atoms with E-state index in [0.717, 1.165) is 29.8 Å². The summed E-state index contributed by atoms with van der Waals surface area (Å²) in [6, 6.07) is 5.68. The lowest BCUT2D eigenvalue weighted by molar-refractivity contribution is 0.472. The maximum absolute atomic E-state index is 9.64. The normalized spacial score (nSPS) is 14.0. The summed E-state index contributed by atoms with van der Waals surface area (Å²) < 4.78 is 0.521. The van der Waals surface area contributed by atoms with Crippen molar-refractivity contribution in [1.82, 2.24) is 0 Å². The molecular formula is C16H12BrClN2OS. The van der Waals surface area contributed by atoms with Crippen molar-refractivity contribution in [3.8, 4) is 11.8 Å². The minimum absolute atomic E-state index is 0.0168. The first-order valence-corrected chi connectivity index (χ1v) is 8.85. The Labute approximate surface area is 146 Å². The summed E-state index contributed by atoms with van der Waals surface area (Å²) in [5.74, 6) is 0.0168. The van der Waals surface area contributed by atoms with Crippen LogP contribution in [0.25, 0.3) is 0 Å². The van der Waals surface area contributed by atoms with E-state index in [2.05, 4.69) is 27.0 Å². The van der Waals surface area contributed by atoms with E-state index >= 15 is 0 Å². The molecule has 0 saturated heterocycles. The van der Waals surface area contributed by atoms with Crippen LogP contribution in [0.4, 0.5) is 5.00 Å². The largest absolute Gasteiger partial charge is 0.505 e. The third kappa shape index (κ3) is 2.91. The number of phenols is 1. The van der Waals surface area contributed by atoms with Crippen LogP contribution >= 0.6 is 38.9 Å². The second-order valence-electron chi connectivity index (χ2n) is 5.09. The number of aromatic hydroxyl groups is 1. The van der Waals surface area contributed by atoms with E-state index in [9.17, 15) is 10.4 Å². The molecule has 1 aromatic heterocycles. The van der Waals surface area contributed by atoms with Crippen molar-refractivity contribution in [2.45, 2.75) is 25.7 Å². The molecule has 2 aromatic rings. The van der Waals surface area contributed by atoms with Crippen molar-refractivity contribution in [2.24, 2.45) is 4.99 Å². The van der Waals surface area contributed by atoms with Crippen molar-refractivity contribution in [1.29, 1.82) is 5.26 Å². The standard InChI is InChI=1S/C16H12BrClN2OS/c17-12-5-9(6-13(18)15(12)21)8-20-16-11(7-19)10-3-1-2-4-14(10)22-16/h5-6,8,21H,1-4H2/b20-8+. The number of hydrogen-bond acceptors (Lipinski definition) is 4. The smallest absolute Gasteiger partial charge is 0.148 e. The molecule has 0 aliphatic heterocycles. The highest BCUT2D eigenvalue weighted by Gasteiger charge is 2.20. The number of nitriles is 1. The van der Waals surface area contributed by atoms with Gasteiger partial charge in [0.25, 0.3) is 0 Å². The zero-order chi connectivity index (χ0) is 15.7. The number of rotatable bonds is 2. The average Bonchev–Trinajstić information content (AvgIpc) is 2.87. The molecule has 0 unspecified atom stereocenters. The summed E-state index contributed by atoms with van der Waals surface area (Å²) in [5.41, 5.74) is 2.65. The molecule has 1 aliphatic carbocycles. The first kappa shape index (κ1) is 15.5. The molecule has 0 radical (unpaired) electrons. The number of nitrogens with zero attached hydrogens (tertiary/aromatic N) is 2. The predicted molar refractivity (Wildman–Crippen MR) is 93.7 cm³/mol. The molecule has 3 rings (SSSR count). The molecule has 1 N–H and O–H groups in total. The van der Waals surface area contributed by atoms with E-state index in [1.807, 2.05) is 0 Å². The molecule has 0 bridgehead atoms. The summed E-state index contributed by atoms with van der Waals surface area (Å²) in [5, 5.41) is 20.1. The molecule has 0 saturated carbocycles. The average molecular weight is 396 g/mol. The van der Waals surface area contributed by atoms with Crippen molar-refractivity contribution in [3.63, 3.8) is 0 Å². The lowest BCUT2D eigenvalue weighted by Gasteiger charge is -2.09. The van der Waals surface area contributed by atoms with Crippen molar-refractivity contribution in [3.05, 3.63) is 43.2 Å². The quantitative estimate of drug-likeness (QED) is 0.695. The summed E-state index contributed by atoms with van der Waals surface area (Å²) in [6.45, 7) is 0. The highest BCUT2D eigenvalue weighted by atomic mass is 79.9. The highest BCUT2D eigenvalue weighted by Crippen LogP contribution is 2.39. The summed E-state index contributed by atoms with van der Waals surface area (Å²) >= 11 is 10.8. The maximum Gasteiger partial charge on any atom is 0.148 e. The van der Waals surface area contributed by atoms with Gasteiger partial charge in [-0.25, -0.2) is 4.99 Å². The van der Waals surface area contributed by atoms with Crippen LogP contribution < -0.4 is 0 Å². The molecule has 0 spiro atoms. The van der Waals surface area contributed by atoms with Crippen LogP contribution in [0, 0.1) is 11.3 Å². The van der Waals surface area contributed by atoms with Gasteiger partial charge in [-0.1, -0.05) is 11.6 Å². The topological polar surface area (TPSA) is 56.4 Å². The molecule has 1 aromatic carbocycles. The number of aryl methyl sites for hydroxylation is 1. The van der Waals surface area contributed by atoms with Gasteiger partial charge in [0.15, 0.2) is 0 Å². The molecule has 1 aliphatic rings. The summed E-state index contributed by atoms with van der Waals surface area (Å²) in [4.78, 5) is 5.77. The van der Waals surface area contributed by atoms with Crippen LogP contribution in [0.5, 0.6) is 5.75 Å². The van der Waals surface area contributed by atoms with Gasteiger partial charge in [0, 0.05) is 11.1 Å². The number of fused-ring (bicyclic) bond motifs is 1. The molecule has 3 nitrogen and oxygen atoms in total. The van der Waals surface area contributed by atoms with Crippen molar-refractivity contribution < 1.29 is 5.11 Å². The van der Waals surface area contributed by atoms with Crippen LogP contribution in [0.1, 0.15) is 34.4 Å². The second kappa shape index (κ2) is 6.41. The Hall–Kier alpha value is -1.35. The monoisotopic (exact) mass is 394 g/mol. The first-order chi connectivity index (χ1) is 10.6. The van der Waals surface area contributed by atoms with Crippen LogP contribution in [0.2, 0.25) is 5.02 Å². The number of hydrogen-bond donors (Lipinski definition) is 1. The predicted octanol–water partition coefficient (Wildman–Crippen LogP) is 5.37. The van der Waals surface area contributed by atoms with Gasteiger partial charge in [-0.2, -0.15) is 5.26 Å². The molecule has 0 amide bonds. The molecule has 6 heteroatoms. The van der Waals surface area contributed by atoms with Crippen molar-refractivity contribution >= 4 is 50.1 Å². The first-order valence-electron chi connectivity index (χ1n) is 6.87. The fourth-order valence-corrected chi connectivity index (χ4v) is 4.55. The van der Waals surface area contributed by atoms with E-state index in [0.29, 0.717) is 10.0 Å². The molecule has 22 heavy (non-hydrogen) atoms. The fourth-order valence-electron chi connectivity index (χ4n) is 2.55. The Balaban J connectivity index is 1.97. The van der Waals surface area contributed by atoms with E-state index in [4.69, 9.17) is 11.6 Å². The van der Waals surface area contributed by atoms with Gasteiger partial charge >= 0.3 is 0 Å². The molecular weight excluding hydrogens is 384 g/mol. The fraction of sp³-hybridized carbons (Fsp3) is 0.250. The lowest BCUT2D eigenvalue weighted by atomic mass is 9.96. The maximum atomic E-state index is 9.64. The zero-order valence-electron chi connectivity index (χ0n) is 11.6. The third-order valence-corrected chi connectivity index (χ3v) is 5.73. The van der Waals surface area contributed by atoms with Gasteiger partial charge in [0.2, 0.25) is 0 Å². The molecule has 1 heterocycles. The lowest BCUT2D eigenvalue weighted by Crippen LogP contribution is -1.99. The Kier molecular flexibility index (Phi) is 4.53. The Morgan fingerprint density at radius 3 is 2.86 bits per heavy atom. The minimum atomic E-state index is 0.0168. The van der Waals surface area contributed by atoms with Gasteiger partial charge in [0.1, 0.15) is 16.8 Å². The third-order valence-electron chi connectivity index (χ3n) is 3.63. The Morgan fingerprint density at radius 2 is 2.14 bits per heavy atom. The number of halogens is 2. The Morgan fingerprint density at radius 1 is 1.36 bits per heavy atom. The minimum Gasteiger partial charge on any atom is -0.505 e. The van der Waals surface area contributed by atoms with E-state index in [1.165, 1.54) is 16.9 Å². The number of aliphatic imine (C=N–C) groups is 1. The SMILES string of the molecule is N#Cc1c(/N=C/c2cc(Cl)c(O)c(Br)c2)sc2c1CCCC2. The number of phenolic OH excluding ortho intramolecular Hbond substituents is 1. The van der Waals surface area contributed by atoms with Crippen LogP contribution in [-0.4, -0.2) is 11.3 Å². The van der Waals surface area contributed by atoms with E-state index in [1.54, 1.807) is 29.7 Å². The second-order valence-corrected chi connectivity index (χ2v) is 7.44. The number of benzene rings is 1. The number of thiophene rings is 1. The zero-order valence-corrected chi connectivity index (χ0v) is 14.7. The van der Waals surface area contributed by atoms with Crippen LogP contribution in [0.3, 0.4) is 0 Å². The highest BCUT2D eigenvalue weighted by molar-refractivity contribution is 9.10. The summed E-state index contributed by atoms with van der Waals surface area (Å²) in [6.07, 6.45) is 6.01. The van der Waals surface area contributed by atoms with Crippen LogP contribution in [0.15, 0.2) is 21.6 Å². The van der Waals surface area contributed by atoms with Crippen molar-refractivity contribution in [2.75, 3.05) is 0 Å².